The van der Waals surface area contributed by atoms with Gasteiger partial charge in [-0.25, -0.2) is 0 Å². The van der Waals surface area contributed by atoms with Crippen molar-refractivity contribution in [1.82, 2.24) is 15.0 Å². The lowest BCUT2D eigenvalue weighted by molar-refractivity contribution is -0.114. The smallest absolute Gasteiger partial charge is 0.233 e. The Labute approximate surface area is 170 Å². The van der Waals surface area contributed by atoms with E-state index < -0.39 is 0 Å². The van der Waals surface area contributed by atoms with E-state index >= 15 is 0 Å². The van der Waals surface area contributed by atoms with Gasteiger partial charge in [0.15, 0.2) is 0 Å². The fraction of sp³-hybridized carbons (Fsp3) is 0.238. The van der Waals surface area contributed by atoms with Crippen LogP contribution in [0.2, 0.25) is 0 Å². The third kappa shape index (κ3) is 5.65. The molecular formula is C21H25N7O. The van der Waals surface area contributed by atoms with Crippen LogP contribution in [0.15, 0.2) is 54.6 Å². The third-order valence-corrected chi connectivity index (χ3v) is 4.16. The molecule has 0 unspecified atom stereocenters. The van der Waals surface area contributed by atoms with Crippen LogP contribution in [0.4, 0.5) is 34.9 Å². The van der Waals surface area contributed by atoms with Gasteiger partial charge in [0, 0.05) is 37.1 Å². The molecule has 29 heavy (non-hydrogen) atoms. The van der Waals surface area contributed by atoms with Crippen molar-refractivity contribution in [2.45, 2.75) is 20.8 Å². The molecule has 0 atom stereocenters. The van der Waals surface area contributed by atoms with Crippen molar-refractivity contribution in [3.8, 4) is 0 Å². The summed E-state index contributed by atoms with van der Waals surface area (Å²) < 4.78 is 0. The molecule has 0 saturated carbocycles. The summed E-state index contributed by atoms with van der Waals surface area (Å²) in [5, 5.41) is 9.19. The topological polar surface area (TPSA) is 95.1 Å². The first-order valence-electron chi connectivity index (χ1n) is 9.55. The van der Waals surface area contributed by atoms with Crippen molar-refractivity contribution in [3.05, 3.63) is 54.6 Å². The third-order valence-electron chi connectivity index (χ3n) is 4.16. The molecular weight excluding hydrogens is 366 g/mol. The molecule has 3 aromatic rings. The Kier molecular flexibility index (Phi) is 6.57. The zero-order chi connectivity index (χ0) is 20.6. The zero-order valence-corrected chi connectivity index (χ0v) is 16.8. The number of amides is 1. The van der Waals surface area contributed by atoms with Crippen LogP contribution >= 0.6 is 0 Å². The van der Waals surface area contributed by atoms with Gasteiger partial charge in [-0.3, -0.25) is 4.79 Å². The summed E-state index contributed by atoms with van der Waals surface area (Å²) in [5.74, 6) is 1.39. The number of carbonyl (C=O) groups excluding carboxylic acids is 1. The van der Waals surface area contributed by atoms with E-state index in [1.807, 2.05) is 54.6 Å². The lowest BCUT2D eigenvalue weighted by atomic mass is 10.3. The number of nitrogens with one attached hydrogen (secondary N) is 3. The maximum atomic E-state index is 11.2. The highest BCUT2D eigenvalue weighted by atomic mass is 16.1. The van der Waals surface area contributed by atoms with E-state index in [2.05, 4.69) is 49.6 Å². The van der Waals surface area contributed by atoms with Gasteiger partial charge >= 0.3 is 0 Å². The number of rotatable bonds is 8. The van der Waals surface area contributed by atoms with Crippen LogP contribution in [-0.4, -0.2) is 33.9 Å². The summed E-state index contributed by atoms with van der Waals surface area (Å²) in [5.41, 5.74) is 2.44. The average Bonchev–Trinajstić information content (AvgIpc) is 2.71. The first-order chi connectivity index (χ1) is 14.1. The molecule has 0 radical (unpaired) electrons. The Morgan fingerprint density at radius 2 is 1.31 bits per heavy atom. The molecule has 0 aliphatic rings. The van der Waals surface area contributed by atoms with Gasteiger partial charge in [-0.05, 0) is 50.2 Å². The van der Waals surface area contributed by atoms with Crippen molar-refractivity contribution in [2.75, 3.05) is 33.9 Å². The van der Waals surface area contributed by atoms with Gasteiger partial charge in [0.2, 0.25) is 23.8 Å². The molecule has 0 aliphatic carbocycles. The van der Waals surface area contributed by atoms with Gasteiger partial charge in [-0.2, -0.15) is 15.0 Å². The van der Waals surface area contributed by atoms with Crippen molar-refractivity contribution < 1.29 is 4.79 Å². The molecule has 8 nitrogen and oxygen atoms in total. The maximum Gasteiger partial charge on any atom is 0.233 e. The van der Waals surface area contributed by atoms with Gasteiger partial charge in [0.25, 0.3) is 0 Å². The minimum atomic E-state index is -0.108. The van der Waals surface area contributed by atoms with E-state index in [1.54, 1.807) is 0 Å². The number of hydrogen-bond acceptors (Lipinski definition) is 7. The fourth-order valence-electron chi connectivity index (χ4n) is 2.74. The molecule has 2 aromatic carbocycles. The van der Waals surface area contributed by atoms with E-state index in [-0.39, 0.29) is 5.91 Å². The second-order valence-electron chi connectivity index (χ2n) is 6.33. The van der Waals surface area contributed by atoms with E-state index in [0.717, 1.165) is 30.2 Å². The molecule has 3 rings (SSSR count). The molecule has 1 amide bonds. The Bertz CT molecular complexity index is 941. The van der Waals surface area contributed by atoms with Gasteiger partial charge in [0.05, 0.1) is 0 Å². The Balaban J connectivity index is 1.87. The van der Waals surface area contributed by atoms with Crippen LogP contribution in [0.25, 0.3) is 0 Å². The Hall–Kier alpha value is -3.68. The van der Waals surface area contributed by atoms with Crippen molar-refractivity contribution in [2.24, 2.45) is 0 Å². The number of para-hydroxylation sites is 1. The highest BCUT2D eigenvalue weighted by Gasteiger charge is 2.12. The van der Waals surface area contributed by atoms with E-state index in [4.69, 9.17) is 0 Å². The van der Waals surface area contributed by atoms with Crippen LogP contribution in [0, 0.1) is 0 Å². The highest BCUT2D eigenvalue weighted by molar-refractivity contribution is 5.88. The van der Waals surface area contributed by atoms with Crippen LogP contribution in [0.1, 0.15) is 20.8 Å². The highest BCUT2D eigenvalue weighted by Crippen LogP contribution is 2.21. The van der Waals surface area contributed by atoms with E-state index in [0.29, 0.717) is 17.8 Å². The predicted molar refractivity (Wildman–Crippen MR) is 117 cm³/mol. The quantitative estimate of drug-likeness (QED) is 0.530. The van der Waals surface area contributed by atoms with E-state index in [1.165, 1.54) is 6.92 Å². The number of anilines is 6. The largest absolute Gasteiger partial charge is 0.341 e. The Morgan fingerprint density at radius 3 is 1.83 bits per heavy atom. The molecule has 3 N–H and O–H groups in total. The monoisotopic (exact) mass is 391 g/mol. The van der Waals surface area contributed by atoms with Crippen LogP contribution in [0.5, 0.6) is 0 Å². The lowest BCUT2D eigenvalue weighted by Crippen LogP contribution is -2.25. The van der Waals surface area contributed by atoms with Crippen LogP contribution in [-0.2, 0) is 4.79 Å². The lowest BCUT2D eigenvalue weighted by Gasteiger charge is -2.20. The number of nitrogens with zero attached hydrogens (tertiary/aromatic N) is 4. The first-order valence-corrected chi connectivity index (χ1v) is 9.55. The summed E-state index contributed by atoms with van der Waals surface area (Å²) >= 11 is 0. The van der Waals surface area contributed by atoms with Crippen LogP contribution < -0.4 is 20.9 Å². The van der Waals surface area contributed by atoms with Crippen molar-refractivity contribution in [3.63, 3.8) is 0 Å². The van der Waals surface area contributed by atoms with Gasteiger partial charge in [0.1, 0.15) is 0 Å². The second-order valence-corrected chi connectivity index (χ2v) is 6.33. The maximum absolute atomic E-state index is 11.2. The zero-order valence-electron chi connectivity index (χ0n) is 16.8. The summed E-state index contributed by atoms with van der Waals surface area (Å²) in [7, 11) is 0. The molecule has 1 heterocycles. The SMILES string of the molecule is CCN(CC)c1nc(Nc2ccccc2)nc(Nc2ccc(NC(C)=O)cc2)n1. The van der Waals surface area contributed by atoms with Gasteiger partial charge < -0.3 is 20.9 Å². The van der Waals surface area contributed by atoms with E-state index in [9.17, 15) is 4.79 Å². The Morgan fingerprint density at radius 1 is 0.793 bits per heavy atom. The number of aromatic nitrogens is 3. The normalized spacial score (nSPS) is 10.3. The summed E-state index contributed by atoms with van der Waals surface area (Å²) in [4.78, 5) is 26.9. The number of benzene rings is 2. The number of carbonyl (C=O) groups is 1. The second kappa shape index (κ2) is 9.50. The van der Waals surface area contributed by atoms with Crippen molar-refractivity contribution >= 4 is 40.8 Å². The average molecular weight is 391 g/mol. The molecule has 150 valence electrons. The molecule has 0 fully saturated rings. The first kappa shape index (κ1) is 20.1. The summed E-state index contributed by atoms with van der Waals surface area (Å²) in [6.45, 7) is 7.18. The van der Waals surface area contributed by atoms with Crippen molar-refractivity contribution in [1.29, 1.82) is 0 Å². The van der Waals surface area contributed by atoms with Crippen LogP contribution in [0.3, 0.4) is 0 Å². The molecule has 8 heteroatoms. The number of hydrogen-bond donors (Lipinski definition) is 3. The summed E-state index contributed by atoms with van der Waals surface area (Å²) in [6.07, 6.45) is 0. The minimum Gasteiger partial charge on any atom is -0.341 e. The predicted octanol–water partition coefficient (Wildman–Crippen LogP) is 4.16. The minimum absolute atomic E-state index is 0.108. The molecule has 0 aliphatic heterocycles. The molecule has 0 bridgehead atoms. The standard InChI is InChI=1S/C21H25N7O/c1-4-28(5-2)21-26-19(23-16-9-7-6-8-10-16)25-20(27-21)24-18-13-11-17(12-14-18)22-15(3)29/h6-14H,4-5H2,1-3H3,(H,22,29)(H2,23,24,25,26,27). The fourth-order valence-corrected chi connectivity index (χ4v) is 2.74. The molecule has 1 aromatic heterocycles. The molecule has 0 saturated heterocycles. The van der Waals surface area contributed by atoms with Gasteiger partial charge in [-0.15, -0.1) is 0 Å². The summed E-state index contributed by atoms with van der Waals surface area (Å²) in [6, 6.07) is 17.1. The molecule has 0 spiro atoms. The van der Waals surface area contributed by atoms with Gasteiger partial charge in [-0.1, -0.05) is 18.2 Å².